The average Bonchev–Trinajstić information content (AvgIpc) is 3.03. The van der Waals surface area contributed by atoms with Gasteiger partial charge in [-0.15, -0.1) is 0 Å². The molecule has 1 unspecified atom stereocenters. The number of aliphatic hydroxyl groups excluding tert-OH is 2. The van der Waals surface area contributed by atoms with Gasteiger partial charge >= 0.3 is 0 Å². The highest BCUT2D eigenvalue weighted by molar-refractivity contribution is 5.93. The van der Waals surface area contributed by atoms with Crippen molar-refractivity contribution >= 4 is 16.9 Å². The van der Waals surface area contributed by atoms with Crippen molar-refractivity contribution in [3.8, 4) is 6.07 Å². The highest BCUT2D eigenvalue weighted by Crippen LogP contribution is 2.41. The largest absolute Gasteiger partial charge is 0.394 e. The number of rotatable bonds is 3. The monoisotopic (exact) mass is 333 g/mol. The lowest BCUT2D eigenvalue weighted by molar-refractivity contribution is -0.0948. The van der Waals surface area contributed by atoms with Crippen molar-refractivity contribution < 1.29 is 20.1 Å². The van der Waals surface area contributed by atoms with Gasteiger partial charge in [0.05, 0.1) is 17.6 Å². The lowest BCUT2D eigenvalue weighted by atomic mass is 9.96. The van der Waals surface area contributed by atoms with Gasteiger partial charge in [-0.3, -0.25) is 0 Å². The van der Waals surface area contributed by atoms with Gasteiger partial charge in [0, 0.05) is 20.3 Å². The second-order valence-electron chi connectivity index (χ2n) is 6.23. The Labute approximate surface area is 138 Å². The molecule has 24 heavy (non-hydrogen) atoms. The second-order valence-corrected chi connectivity index (χ2v) is 6.23. The molecule has 0 saturated carbocycles. The molecule has 4 atom stereocenters. The van der Waals surface area contributed by atoms with Crippen LogP contribution in [0.3, 0.4) is 0 Å². The maximum absolute atomic E-state index is 10.7. The molecular formula is C15H19N5O4. The minimum absolute atomic E-state index is 0.329. The third-order valence-corrected chi connectivity index (χ3v) is 4.32. The topological polar surface area (TPSA) is 128 Å². The number of aliphatic hydroxyl groups is 3. The van der Waals surface area contributed by atoms with Crippen molar-refractivity contribution in [1.82, 2.24) is 14.5 Å². The van der Waals surface area contributed by atoms with Gasteiger partial charge in [-0.25, -0.2) is 9.97 Å². The van der Waals surface area contributed by atoms with E-state index in [-0.39, 0.29) is 0 Å². The maximum atomic E-state index is 10.7. The minimum atomic E-state index is -1.66. The molecule has 2 aromatic heterocycles. The fourth-order valence-electron chi connectivity index (χ4n) is 3.06. The normalized spacial score (nSPS) is 29.8. The number of aromatic nitrogens is 3. The molecule has 3 rings (SSSR count). The number of ether oxygens (including phenoxy) is 1. The summed E-state index contributed by atoms with van der Waals surface area (Å²) in [6.45, 7) is 0.986. The summed E-state index contributed by atoms with van der Waals surface area (Å²) in [5.41, 5.74) is -0.924. The van der Waals surface area contributed by atoms with E-state index in [0.29, 0.717) is 22.4 Å². The number of anilines is 1. The van der Waals surface area contributed by atoms with Gasteiger partial charge in [-0.2, -0.15) is 5.26 Å². The van der Waals surface area contributed by atoms with E-state index in [9.17, 15) is 20.6 Å². The Balaban J connectivity index is 2.22. The van der Waals surface area contributed by atoms with E-state index in [2.05, 4.69) is 16.0 Å². The molecule has 1 saturated heterocycles. The summed E-state index contributed by atoms with van der Waals surface area (Å²) >= 11 is 0. The molecule has 0 radical (unpaired) electrons. The first-order valence-corrected chi connectivity index (χ1v) is 7.42. The van der Waals surface area contributed by atoms with Crippen LogP contribution in [0.25, 0.3) is 11.0 Å². The fraction of sp³-hybridized carbons (Fsp3) is 0.533. The molecule has 2 aromatic rings. The molecule has 3 N–H and O–H groups in total. The SMILES string of the molecule is CN(C)c1ncnc2c1c(C#N)cn2C1O[C@H](CO)[C@@H](O)[C@@]1(C)O. The molecule has 0 spiro atoms. The average molecular weight is 333 g/mol. The van der Waals surface area contributed by atoms with Crippen LogP contribution in [0.15, 0.2) is 12.5 Å². The molecule has 0 bridgehead atoms. The Morgan fingerprint density at radius 1 is 1.46 bits per heavy atom. The van der Waals surface area contributed by atoms with Crippen molar-refractivity contribution in [1.29, 1.82) is 5.26 Å². The zero-order chi connectivity index (χ0) is 17.6. The zero-order valence-electron chi connectivity index (χ0n) is 13.6. The second kappa shape index (κ2) is 5.68. The van der Waals surface area contributed by atoms with Crippen LogP contribution >= 0.6 is 0 Å². The molecule has 1 aliphatic heterocycles. The minimum Gasteiger partial charge on any atom is -0.394 e. The molecule has 128 valence electrons. The summed E-state index contributed by atoms with van der Waals surface area (Å²) in [4.78, 5) is 10.2. The van der Waals surface area contributed by atoms with E-state index in [4.69, 9.17) is 4.74 Å². The molecule has 0 aliphatic carbocycles. The molecule has 1 aliphatic rings. The number of hydrogen-bond donors (Lipinski definition) is 3. The lowest BCUT2D eigenvalue weighted by Gasteiger charge is -2.27. The fourth-order valence-corrected chi connectivity index (χ4v) is 3.06. The van der Waals surface area contributed by atoms with Gasteiger partial charge in [-0.05, 0) is 6.92 Å². The molecule has 3 heterocycles. The van der Waals surface area contributed by atoms with Crippen molar-refractivity contribution in [2.75, 3.05) is 25.6 Å². The van der Waals surface area contributed by atoms with Crippen LogP contribution in [0.1, 0.15) is 18.7 Å². The molecule has 9 nitrogen and oxygen atoms in total. The Kier molecular flexibility index (Phi) is 3.93. The van der Waals surface area contributed by atoms with E-state index in [1.54, 1.807) is 19.0 Å². The first-order chi connectivity index (χ1) is 11.3. The predicted octanol–water partition coefficient (Wildman–Crippen LogP) is -0.629. The highest BCUT2D eigenvalue weighted by atomic mass is 16.6. The van der Waals surface area contributed by atoms with Crippen LogP contribution in [0.4, 0.5) is 5.82 Å². The van der Waals surface area contributed by atoms with Crippen LogP contribution in [-0.2, 0) is 4.74 Å². The van der Waals surface area contributed by atoms with E-state index >= 15 is 0 Å². The van der Waals surface area contributed by atoms with Crippen LogP contribution in [0, 0.1) is 11.3 Å². The Morgan fingerprint density at radius 3 is 2.71 bits per heavy atom. The zero-order valence-corrected chi connectivity index (χ0v) is 13.6. The summed E-state index contributed by atoms with van der Waals surface area (Å²) in [6.07, 6.45) is -0.329. The molecule has 1 fully saturated rings. The van der Waals surface area contributed by atoms with Crippen molar-refractivity contribution in [2.45, 2.75) is 31.0 Å². The van der Waals surface area contributed by atoms with E-state index in [1.165, 1.54) is 24.0 Å². The van der Waals surface area contributed by atoms with E-state index in [0.717, 1.165) is 0 Å². The first kappa shape index (κ1) is 16.6. The van der Waals surface area contributed by atoms with Gasteiger partial charge in [0.1, 0.15) is 41.7 Å². The third-order valence-electron chi connectivity index (χ3n) is 4.32. The van der Waals surface area contributed by atoms with E-state index in [1.807, 2.05) is 0 Å². The molecular weight excluding hydrogens is 314 g/mol. The highest BCUT2D eigenvalue weighted by Gasteiger charge is 2.53. The van der Waals surface area contributed by atoms with Gasteiger partial charge in [-0.1, -0.05) is 0 Å². The summed E-state index contributed by atoms with van der Waals surface area (Å²) in [5.74, 6) is 0.562. The van der Waals surface area contributed by atoms with Crippen LogP contribution < -0.4 is 4.90 Å². The van der Waals surface area contributed by atoms with Gasteiger partial charge in [0.2, 0.25) is 0 Å². The standard InChI is InChI=1S/C15H19N5O4/c1-15(23)11(22)9(6-21)24-14(15)20-5-8(4-16)10-12(19(2)3)17-7-18-13(10)20/h5,7,9,11,14,21-23H,6H2,1-3H3/t9-,11-,14?,15-/m1/s1. The van der Waals surface area contributed by atoms with Crippen LogP contribution in [0.2, 0.25) is 0 Å². The lowest BCUT2D eigenvalue weighted by Crippen LogP contribution is -2.44. The molecule has 9 heteroatoms. The maximum Gasteiger partial charge on any atom is 0.167 e. The number of fused-ring (bicyclic) bond motifs is 1. The van der Waals surface area contributed by atoms with Gasteiger partial charge < -0.3 is 29.5 Å². The van der Waals surface area contributed by atoms with Gasteiger partial charge in [0.15, 0.2) is 6.23 Å². The molecule has 0 aromatic carbocycles. The van der Waals surface area contributed by atoms with Crippen LogP contribution in [0.5, 0.6) is 0 Å². The first-order valence-electron chi connectivity index (χ1n) is 7.42. The van der Waals surface area contributed by atoms with Crippen molar-refractivity contribution in [3.63, 3.8) is 0 Å². The summed E-state index contributed by atoms with van der Waals surface area (Å²) < 4.78 is 7.12. The van der Waals surface area contributed by atoms with E-state index < -0.39 is 30.6 Å². The Hall–Kier alpha value is -2.25. The predicted molar refractivity (Wildman–Crippen MR) is 84.2 cm³/mol. The Bertz CT molecular complexity index is 810. The molecule has 0 amide bonds. The number of hydrogen-bond acceptors (Lipinski definition) is 8. The summed E-state index contributed by atoms with van der Waals surface area (Å²) in [6, 6.07) is 2.10. The Morgan fingerprint density at radius 2 is 2.17 bits per heavy atom. The summed E-state index contributed by atoms with van der Waals surface area (Å²) in [5, 5.41) is 40.1. The third kappa shape index (κ3) is 2.23. The number of nitrogens with zero attached hydrogens (tertiary/aromatic N) is 5. The van der Waals surface area contributed by atoms with Crippen molar-refractivity contribution in [2.24, 2.45) is 0 Å². The number of nitriles is 1. The van der Waals surface area contributed by atoms with Crippen LogP contribution in [-0.4, -0.2) is 68.4 Å². The van der Waals surface area contributed by atoms with Crippen molar-refractivity contribution in [3.05, 3.63) is 18.1 Å². The quantitative estimate of drug-likeness (QED) is 0.677. The summed E-state index contributed by atoms with van der Waals surface area (Å²) in [7, 11) is 3.60. The smallest absolute Gasteiger partial charge is 0.167 e. The van der Waals surface area contributed by atoms with Gasteiger partial charge in [0.25, 0.3) is 0 Å².